The molecule has 0 fully saturated rings. The molecule has 0 spiro atoms. The van der Waals surface area contributed by atoms with E-state index in [1.54, 1.807) is 42.5 Å². The molecule has 0 N–H and O–H groups in total. The number of rotatable bonds is 5. The van der Waals surface area contributed by atoms with Crippen LogP contribution < -0.4 is 0 Å². The smallest absolute Gasteiger partial charge is 0.338 e. The molecule has 30 heavy (non-hydrogen) atoms. The van der Waals surface area contributed by atoms with Crippen LogP contribution in [0.3, 0.4) is 0 Å². The Morgan fingerprint density at radius 1 is 1.07 bits per heavy atom. The number of fused-ring (bicyclic) bond motifs is 1. The number of thiophene rings is 1. The Balaban J connectivity index is 1.62. The van der Waals surface area contributed by atoms with Gasteiger partial charge in [-0.15, -0.1) is 11.3 Å². The fraction of sp³-hybridized carbons (Fsp3) is 0.240. The van der Waals surface area contributed by atoms with Crippen LogP contribution in [0.15, 0.2) is 76.3 Å². The summed E-state index contributed by atoms with van der Waals surface area (Å²) in [6, 6.07) is 17.5. The second-order valence-electron chi connectivity index (χ2n) is 7.88. The van der Waals surface area contributed by atoms with Crippen LogP contribution in [0.4, 0.5) is 11.4 Å². The van der Waals surface area contributed by atoms with Crippen molar-refractivity contribution in [3.63, 3.8) is 0 Å². The average Bonchev–Trinajstić information content (AvgIpc) is 3.27. The Morgan fingerprint density at radius 2 is 1.80 bits per heavy atom. The van der Waals surface area contributed by atoms with E-state index in [0.717, 1.165) is 12.1 Å². The summed E-state index contributed by atoms with van der Waals surface area (Å²) in [4.78, 5) is 13.0. The van der Waals surface area contributed by atoms with E-state index in [9.17, 15) is 4.79 Å². The average molecular weight is 417 g/mol. The van der Waals surface area contributed by atoms with Gasteiger partial charge in [0.15, 0.2) is 0 Å². The monoisotopic (exact) mass is 416 g/mol. The predicted molar refractivity (Wildman–Crippen MR) is 122 cm³/mol. The third-order valence-electron chi connectivity index (χ3n) is 5.28. The summed E-state index contributed by atoms with van der Waals surface area (Å²) in [6.45, 7) is 6.70. The highest BCUT2D eigenvalue weighted by molar-refractivity contribution is 7.11. The molecule has 1 aliphatic carbocycles. The molecule has 4 rings (SSSR count). The van der Waals surface area contributed by atoms with Gasteiger partial charge in [0.05, 0.1) is 23.5 Å². The molecule has 0 unspecified atom stereocenters. The van der Waals surface area contributed by atoms with Gasteiger partial charge in [0, 0.05) is 4.88 Å². The van der Waals surface area contributed by atoms with Gasteiger partial charge in [-0.3, -0.25) is 0 Å². The van der Waals surface area contributed by atoms with Crippen molar-refractivity contribution in [1.29, 1.82) is 0 Å². The first kappa shape index (κ1) is 20.2. The minimum absolute atomic E-state index is 0.0920. The molecule has 0 amide bonds. The van der Waals surface area contributed by atoms with E-state index in [1.807, 2.05) is 6.07 Å². The van der Waals surface area contributed by atoms with E-state index < -0.39 is 0 Å². The Hall–Kier alpha value is -3.05. The number of ether oxygens (including phenoxy) is 1. The molecule has 0 saturated carbocycles. The Kier molecular flexibility index (Phi) is 5.64. The lowest BCUT2D eigenvalue weighted by Crippen LogP contribution is -2.21. The quantitative estimate of drug-likeness (QED) is 0.320. The molecule has 1 aliphatic rings. The van der Waals surface area contributed by atoms with Crippen molar-refractivity contribution >= 4 is 34.3 Å². The van der Waals surface area contributed by atoms with Crippen molar-refractivity contribution in [2.24, 2.45) is 10.2 Å². The molecule has 2 aromatic carbocycles. The molecule has 1 aromatic heterocycles. The molecule has 0 saturated heterocycles. The molecule has 3 aromatic rings. The van der Waals surface area contributed by atoms with E-state index in [1.165, 1.54) is 21.6 Å². The number of azo groups is 1. The van der Waals surface area contributed by atoms with Crippen molar-refractivity contribution < 1.29 is 9.53 Å². The summed E-state index contributed by atoms with van der Waals surface area (Å²) >= 11 is 1.76. The molecule has 0 bridgehead atoms. The molecule has 0 atom stereocenters. The van der Waals surface area contributed by atoms with Crippen LogP contribution >= 0.6 is 11.3 Å². The summed E-state index contributed by atoms with van der Waals surface area (Å²) < 4.78 is 5.01. The van der Waals surface area contributed by atoms with Crippen LogP contribution in [0.2, 0.25) is 0 Å². The number of hydrogen-bond acceptors (Lipinski definition) is 5. The standard InChI is InChI=1S/C25H24N2O2S/c1-4-29-24(28)17-7-9-18(10-8-17)26-27-19-11-12-22-21(16-19)20(13-14-25(22,2)3)23-6-5-15-30-23/h5-13,15-16H,4,14H2,1-3H3. The summed E-state index contributed by atoms with van der Waals surface area (Å²) in [6.07, 6.45) is 3.35. The number of esters is 1. The van der Waals surface area contributed by atoms with Gasteiger partial charge in [-0.2, -0.15) is 10.2 Å². The number of hydrogen-bond donors (Lipinski definition) is 0. The van der Waals surface area contributed by atoms with Crippen LogP contribution in [-0.2, 0) is 10.2 Å². The SMILES string of the molecule is CCOC(=O)c1ccc(N=Nc2ccc3c(c2)C(c2cccs2)=CCC3(C)C)cc1. The maximum atomic E-state index is 11.8. The zero-order chi connectivity index (χ0) is 21.1. The highest BCUT2D eigenvalue weighted by Crippen LogP contribution is 2.43. The molecule has 0 radical (unpaired) electrons. The summed E-state index contributed by atoms with van der Waals surface area (Å²) in [7, 11) is 0. The lowest BCUT2D eigenvalue weighted by molar-refractivity contribution is 0.0526. The van der Waals surface area contributed by atoms with Crippen LogP contribution in [0.25, 0.3) is 5.57 Å². The van der Waals surface area contributed by atoms with E-state index >= 15 is 0 Å². The normalized spacial score (nSPS) is 15.0. The van der Waals surface area contributed by atoms with Gasteiger partial charge in [0.25, 0.3) is 0 Å². The Labute approximate surface area is 180 Å². The number of carbonyl (C=O) groups is 1. The maximum absolute atomic E-state index is 11.8. The number of carbonyl (C=O) groups excluding carboxylic acids is 1. The zero-order valence-electron chi connectivity index (χ0n) is 17.4. The fourth-order valence-electron chi connectivity index (χ4n) is 3.64. The number of allylic oxidation sites excluding steroid dienone is 1. The fourth-order valence-corrected chi connectivity index (χ4v) is 4.42. The van der Waals surface area contributed by atoms with Crippen molar-refractivity contribution in [3.05, 3.63) is 87.6 Å². The largest absolute Gasteiger partial charge is 0.462 e. The zero-order valence-corrected chi connectivity index (χ0v) is 18.2. The summed E-state index contributed by atoms with van der Waals surface area (Å²) in [5.41, 5.74) is 5.94. The van der Waals surface area contributed by atoms with Gasteiger partial charge in [0.2, 0.25) is 0 Å². The third kappa shape index (κ3) is 4.12. The van der Waals surface area contributed by atoms with Gasteiger partial charge < -0.3 is 4.74 Å². The highest BCUT2D eigenvalue weighted by atomic mass is 32.1. The second-order valence-corrected chi connectivity index (χ2v) is 8.83. The molecular formula is C25H24N2O2S. The molecule has 1 heterocycles. The van der Waals surface area contributed by atoms with Crippen LogP contribution in [0.5, 0.6) is 0 Å². The van der Waals surface area contributed by atoms with Gasteiger partial charge in [-0.1, -0.05) is 32.1 Å². The van der Waals surface area contributed by atoms with Crippen LogP contribution in [0, 0.1) is 0 Å². The highest BCUT2D eigenvalue weighted by Gasteiger charge is 2.29. The molecular weight excluding hydrogens is 392 g/mol. The maximum Gasteiger partial charge on any atom is 0.338 e. The lowest BCUT2D eigenvalue weighted by atomic mass is 9.73. The topological polar surface area (TPSA) is 51.0 Å². The van der Waals surface area contributed by atoms with E-state index in [0.29, 0.717) is 17.9 Å². The van der Waals surface area contributed by atoms with Gasteiger partial charge in [0.1, 0.15) is 0 Å². The molecule has 152 valence electrons. The van der Waals surface area contributed by atoms with Gasteiger partial charge in [-0.25, -0.2) is 4.79 Å². The minimum Gasteiger partial charge on any atom is -0.462 e. The second kappa shape index (κ2) is 8.36. The van der Waals surface area contributed by atoms with E-state index in [4.69, 9.17) is 4.74 Å². The molecule has 0 aliphatic heterocycles. The van der Waals surface area contributed by atoms with E-state index in [2.05, 4.69) is 59.8 Å². The van der Waals surface area contributed by atoms with Crippen molar-refractivity contribution in [2.75, 3.05) is 6.61 Å². The van der Waals surface area contributed by atoms with Crippen molar-refractivity contribution in [2.45, 2.75) is 32.6 Å². The van der Waals surface area contributed by atoms with Crippen LogP contribution in [0.1, 0.15) is 53.6 Å². The van der Waals surface area contributed by atoms with Gasteiger partial charge >= 0.3 is 5.97 Å². The first-order valence-corrected chi connectivity index (χ1v) is 10.9. The molecule has 5 heteroatoms. The van der Waals surface area contributed by atoms with Crippen molar-refractivity contribution in [3.8, 4) is 0 Å². The van der Waals surface area contributed by atoms with Crippen molar-refractivity contribution in [1.82, 2.24) is 0 Å². The lowest BCUT2D eigenvalue weighted by Gasteiger charge is -2.32. The predicted octanol–water partition coefficient (Wildman–Crippen LogP) is 7.45. The first-order valence-electron chi connectivity index (χ1n) is 10.1. The Morgan fingerprint density at radius 3 is 2.50 bits per heavy atom. The van der Waals surface area contributed by atoms with Crippen LogP contribution in [-0.4, -0.2) is 12.6 Å². The van der Waals surface area contributed by atoms with Gasteiger partial charge in [-0.05, 0) is 83.3 Å². The van der Waals surface area contributed by atoms with E-state index in [-0.39, 0.29) is 11.4 Å². The number of nitrogens with zero attached hydrogens (tertiary/aromatic N) is 2. The summed E-state index contributed by atoms with van der Waals surface area (Å²) in [5.74, 6) is -0.328. The number of benzene rings is 2. The molecule has 4 nitrogen and oxygen atoms in total. The minimum atomic E-state index is -0.328. The third-order valence-corrected chi connectivity index (χ3v) is 6.19. The summed E-state index contributed by atoms with van der Waals surface area (Å²) in [5, 5.41) is 10.9. The first-order chi connectivity index (χ1) is 14.5. The Bertz CT molecular complexity index is 1110.